The standard InChI is InChI=1S/C7H13IO3/c1-4-11-7(2,3)6(9)10-5-8/h4-5H2,1-3H3. The molecule has 0 heterocycles. The Kier molecular flexibility index (Phi) is 4.99. The summed E-state index contributed by atoms with van der Waals surface area (Å²) in [5.41, 5.74) is -0.806. The number of carbonyl (C=O) groups excluding carboxylic acids is 1. The highest BCUT2D eigenvalue weighted by Crippen LogP contribution is 2.11. The van der Waals surface area contributed by atoms with Crippen LogP contribution in [0.15, 0.2) is 0 Å². The van der Waals surface area contributed by atoms with E-state index in [2.05, 4.69) is 0 Å². The summed E-state index contributed by atoms with van der Waals surface area (Å²) in [7, 11) is 0. The van der Waals surface area contributed by atoms with Gasteiger partial charge in [-0.15, -0.1) is 0 Å². The first-order valence-corrected chi connectivity index (χ1v) is 4.94. The Labute approximate surface area is 80.6 Å². The molecule has 3 nitrogen and oxygen atoms in total. The highest BCUT2D eigenvalue weighted by Gasteiger charge is 2.29. The van der Waals surface area contributed by atoms with Gasteiger partial charge in [-0.2, -0.15) is 0 Å². The van der Waals surface area contributed by atoms with E-state index in [0.29, 0.717) is 11.2 Å². The molecule has 11 heavy (non-hydrogen) atoms. The van der Waals surface area contributed by atoms with Crippen molar-refractivity contribution in [2.75, 3.05) is 11.2 Å². The van der Waals surface area contributed by atoms with Crippen LogP contribution >= 0.6 is 22.6 Å². The lowest BCUT2D eigenvalue weighted by Crippen LogP contribution is -2.36. The molecule has 4 heteroatoms. The lowest BCUT2D eigenvalue weighted by Gasteiger charge is -2.21. The van der Waals surface area contributed by atoms with Crippen molar-refractivity contribution in [2.45, 2.75) is 26.4 Å². The fourth-order valence-corrected chi connectivity index (χ4v) is 0.926. The summed E-state index contributed by atoms with van der Waals surface area (Å²) in [6.07, 6.45) is 0. The average Bonchev–Trinajstić information content (AvgIpc) is 1.88. The van der Waals surface area contributed by atoms with Gasteiger partial charge in [0, 0.05) is 6.61 Å². The van der Waals surface area contributed by atoms with Gasteiger partial charge in [0.15, 0.2) is 5.60 Å². The van der Waals surface area contributed by atoms with Crippen molar-refractivity contribution < 1.29 is 14.3 Å². The Morgan fingerprint density at radius 2 is 2.09 bits per heavy atom. The van der Waals surface area contributed by atoms with Crippen molar-refractivity contribution in [1.29, 1.82) is 0 Å². The largest absolute Gasteiger partial charge is 0.453 e. The van der Waals surface area contributed by atoms with Crippen LogP contribution in [-0.4, -0.2) is 22.8 Å². The van der Waals surface area contributed by atoms with E-state index < -0.39 is 5.60 Å². The van der Waals surface area contributed by atoms with E-state index in [-0.39, 0.29) is 5.97 Å². The Balaban J connectivity index is 3.94. The number of hydrogen-bond donors (Lipinski definition) is 0. The molecule has 0 aliphatic carbocycles. The van der Waals surface area contributed by atoms with Crippen molar-refractivity contribution >= 4 is 28.6 Å². The van der Waals surface area contributed by atoms with Gasteiger partial charge in [0.25, 0.3) is 0 Å². The lowest BCUT2D eigenvalue weighted by atomic mass is 10.1. The zero-order valence-corrected chi connectivity index (χ0v) is 9.17. The third-order valence-electron chi connectivity index (χ3n) is 1.18. The summed E-state index contributed by atoms with van der Waals surface area (Å²) in [4.78, 5) is 11.1. The van der Waals surface area contributed by atoms with E-state index in [1.807, 2.05) is 29.5 Å². The van der Waals surface area contributed by atoms with Crippen LogP contribution in [0.1, 0.15) is 20.8 Å². The minimum absolute atomic E-state index is 0.311. The van der Waals surface area contributed by atoms with Crippen LogP contribution in [-0.2, 0) is 14.3 Å². The molecule has 0 aromatic carbocycles. The van der Waals surface area contributed by atoms with Crippen LogP contribution in [0.4, 0.5) is 0 Å². The fourth-order valence-electron chi connectivity index (χ4n) is 0.643. The van der Waals surface area contributed by atoms with Gasteiger partial charge in [-0.1, -0.05) is 0 Å². The van der Waals surface area contributed by atoms with Crippen molar-refractivity contribution in [3.05, 3.63) is 0 Å². The number of hydrogen-bond acceptors (Lipinski definition) is 3. The van der Waals surface area contributed by atoms with Crippen molar-refractivity contribution in [3.8, 4) is 0 Å². The van der Waals surface area contributed by atoms with Gasteiger partial charge in [0.2, 0.25) is 0 Å². The van der Waals surface area contributed by atoms with Crippen molar-refractivity contribution in [1.82, 2.24) is 0 Å². The molecule has 0 aliphatic heterocycles. The lowest BCUT2D eigenvalue weighted by molar-refractivity contribution is -0.164. The van der Waals surface area contributed by atoms with E-state index >= 15 is 0 Å². The summed E-state index contributed by atoms with van der Waals surface area (Å²) in [6, 6.07) is 0. The zero-order chi connectivity index (χ0) is 8.91. The summed E-state index contributed by atoms with van der Waals surface area (Å²) in [6.45, 7) is 5.76. The molecule has 0 aliphatic rings. The van der Waals surface area contributed by atoms with E-state index in [1.54, 1.807) is 13.8 Å². The van der Waals surface area contributed by atoms with Crippen molar-refractivity contribution in [2.24, 2.45) is 0 Å². The number of carbonyl (C=O) groups is 1. The van der Waals surface area contributed by atoms with Gasteiger partial charge in [-0.05, 0) is 43.4 Å². The molecule has 0 saturated carbocycles. The summed E-state index contributed by atoms with van der Waals surface area (Å²) in [5.74, 6) is -0.311. The summed E-state index contributed by atoms with van der Waals surface area (Å²) in [5, 5.41) is 0. The molecule has 0 aromatic rings. The molecule has 0 radical (unpaired) electrons. The maximum Gasteiger partial charge on any atom is 0.338 e. The van der Waals surface area contributed by atoms with Crippen LogP contribution in [0.3, 0.4) is 0 Å². The first-order valence-electron chi connectivity index (χ1n) is 3.41. The number of alkyl halides is 1. The SMILES string of the molecule is CCOC(C)(C)C(=O)OCI. The Bertz CT molecular complexity index is 134. The quantitative estimate of drug-likeness (QED) is 0.444. The van der Waals surface area contributed by atoms with E-state index in [4.69, 9.17) is 9.47 Å². The van der Waals surface area contributed by atoms with Crippen LogP contribution in [0.5, 0.6) is 0 Å². The molecule has 0 saturated heterocycles. The highest BCUT2D eigenvalue weighted by atomic mass is 127. The predicted molar refractivity (Wildman–Crippen MR) is 50.7 cm³/mol. The molecule has 0 fully saturated rings. The molecule has 0 N–H and O–H groups in total. The second-order valence-electron chi connectivity index (χ2n) is 2.48. The number of esters is 1. The average molecular weight is 272 g/mol. The first kappa shape index (κ1) is 11.2. The molecular weight excluding hydrogens is 259 g/mol. The third kappa shape index (κ3) is 3.91. The van der Waals surface area contributed by atoms with Crippen LogP contribution in [0.25, 0.3) is 0 Å². The minimum Gasteiger partial charge on any atom is -0.453 e. The van der Waals surface area contributed by atoms with Gasteiger partial charge in [-0.25, -0.2) is 4.79 Å². The van der Waals surface area contributed by atoms with Gasteiger partial charge < -0.3 is 9.47 Å². The summed E-state index contributed by atoms with van der Waals surface area (Å²) >= 11 is 1.97. The van der Waals surface area contributed by atoms with Crippen LogP contribution in [0.2, 0.25) is 0 Å². The maximum atomic E-state index is 11.1. The van der Waals surface area contributed by atoms with E-state index in [1.165, 1.54) is 0 Å². The van der Waals surface area contributed by atoms with Gasteiger partial charge >= 0.3 is 5.97 Å². The molecule has 0 amide bonds. The van der Waals surface area contributed by atoms with Gasteiger partial charge in [0.05, 0.1) is 0 Å². The number of rotatable bonds is 4. The second kappa shape index (κ2) is 4.92. The first-order chi connectivity index (χ1) is 5.04. The Hall–Kier alpha value is 0.160. The summed E-state index contributed by atoms with van der Waals surface area (Å²) < 4.78 is 10.3. The molecule has 0 bridgehead atoms. The maximum absolute atomic E-state index is 11.1. The smallest absolute Gasteiger partial charge is 0.338 e. The number of halogens is 1. The van der Waals surface area contributed by atoms with Gasteiger partial charge in [-0.3, -0.25) is 0 Å². The number of ether oxygens (including phenoxy) is 2. The van der Waals surface area contributed by atoms with Crippen LogP contribution < -0.4 is 0 Å². The third-order valence-corrected chi connectivity index (χ3v) is 1.49. The molecule has 0 rings (SSSR count). The second-order valence-corrected chi connectivity index (χ2v) is 3.11. The Morgan fingerprint density at radius 1 is 1.55 bits per heavy atom. The molecule has 0 unspecified atom stereocenters. The van der Waals surface area contributed by atoms with E-state index in [9.17, 15) is 4.79 Å². The predicted octanol–water partition coefficient (Wildman–Crippen LogP) is 1.74. The molecule has 66 valence electrons. The molecule has 0 atom stereocenters. The van der Waals surface area contributed by atoms with E-state index in [0.717, 1.165) is 0 Å². The van der Waals surface area contributed by atoms with Crippen LogP contribution in [0, 0.1) is 0 Å². The highest BCUT2D eigenvalue weighted by molar-refractivity contribution is 14.1. The van der Waals surface area contributed by atoms with Gasteiger partial charge in [0.1, 0.15) is 4.61 Å². The van der Waals surface area contributed by atoms with Crippen molar-refractivity contribution in [3.63, 3.8) is 0 Å². The molecule has 0 spiro atoms. The Morgan fingerprint density at radius 3 is 2.45 bits per heavy atom. The topological polar surface area (TPSA) is 35.5 Å². The molecule has 0 aromatic heterocycles. The molecular formula is C7H13IO3. The monoisotopic (exact) mass is 272 g/mol. The minimum atomic E-state index is -0.806. The fraction of sp³-hybridized carbons (Fsp3) is 0.857. The normalized spacial score (nSPS) is 11.3. The zero-order valence-electron chi connectivity index (χ0n) is 7.02.